The number of hydrogen-bond donors (Lipinski definition) is 3. The smallest absolute Gasteiger partial charge is 0.220 e. The Morgan fingerprint density at radius 3 is 2.26 bits per heavy atom. The molecule has 0 aliphatic carbocycles. The quantitative estimate of drug-likeness (QED) is 0.273. The molecule has 2 atom stereocenters. The first-order valence-electron chi connectivity index (χ1n) is 12.7. The molecule has 0 heterocycles. The van der Waals surface area contributed by atoms with Gasteiger partial charge in [0.15, 0.2) is 5.78 Å². The molecule has 3 aromatic rings. The van der Waals surface area contributed by atoms with E-state index in [-0.39, 0.29) is 31.6 Å². The van der Waals surface area contributed by atoms with Gasteiger partial charge in [-0.25, -0.2) is 8.78 Å². The summed E-state index contributed by atoms with van der Waals surface area (Å²) in [4.78, 5) is 25.2. The number of amides is 1. The van der Waals surface area contributed by atoms with Crippen molar-refractivity contribution in [3.8, 4) is 5.75 Å². The highest BCUT2D eigenvalue weighted by molar-refractivity contribution is 5.98. The number of halogens is 2. The van der Waals surface area contributed by atoms with Crippen molar-refractivity contribution in [3.63, 3.8) is 0 Å². The van der Waals surface area contributed by atoms with E-state index in [1.807, 2.05) is 18.2 Å². The molecular weight excluding hydrogens is 490 g/mol. The summed E-state index contributed by atoms with van der Waals surface area (Å²) in [6.07, 6.45) is -0.238. The third kappa shape index (κ3) is 9.04. The van der Waals surface area contributed by atoms with E-state index < -0.39 is 29.7 Å². The van der Waals surface area contributed by atoms with Crippen molar-refractivity contribution in [2.24, 2.45) is 0 Å². The number of ketones is 1. The van der Waals surface area contributed by atoms with Gasteiger partial charge in [0.25, 0.3) is 0 Å². The summed E-state index contributed by atoms with van der Waals surface area (Å²) in [7, 11) is 1.53. The van der Waals surface area contributed by atoms with Crippen molar-refractivity contribution in [2.75, 3.05) is 13.7 Å². The lowest BCUT2D eigenvalue weighted by Crippen LogP contribution is -2.48. The van der Waals surface area contributed by atoms with Crippen LogP contribution in [0, 0.1) is 11.6 Å². The summed E-state index contributed by atoms with van der Waals surface area (Å²) in [6, 6.07) is 17.0. The Bertz CT molecular complexity index is 1200. The molecule has 38 heavy (non-hydrogen) atoms. The highest BCUT2D eigenvalue weighted by atomic mass is 19.1. The van der Waals surface area contributed by atoms with Crippen LogP contribution in [0.25, 0.3) is 0 Å². The number of hydrogen-bond acceptors (Lipinski definition) is 5. The number of aryl methyl sites for hydroxylation is 1. The highest BCUT2D eigenvalue weighted by Crippen LogP contribution is 2.15. The van der Waals surface area contributed by atoms with Gasteiger partial charge in [0.1, 0.15) is 17.4 Å². The predicted molar refractivity (Wildman–Crippen MR) is 142 cm³/mol. The number of carbonyl (C=O) groups excluding carboxylic acids is 2. The first kappa shape index (κ1) is 28.9. The lowest BCUT2D eigenvalue weighted by molar-refractivity contribution is -0.122. The molecule has 3 rings (SSSR count). The zero-order valence-corrected chi connectivity index (χ0v) is 21.7. The second kappa shape index (κ2) is 14.4. The number of ether oxygens (including phenoxy) is 1. The Labute approximate surface area is 222 Å². The maximum atomic E-state index is 13.8. The fourth-order valence-corrected chi connectivity index (χ4v) is 4.16. The molecule has 8 heteroatoms. The van der Waals surface area contributed by atoms with E-state index in [2.05, 4.69) is 23.6 Å². The molecule has 0 aliphatic heterocycles. The van der Waals surface area contributed by atoms with Crippen LogP contribution in [0.1, 0.15) is 46.8 Å². The summed E-state index contributed by atoms with van der Waals surface area (Å²) in [5.41, 5.74) is 3.02. The predicted octanol–water partition coefficient (Wildman–Crippen LogP) is 4.38. The van der Waals surface area contributed by atoms with Crippen molar-refractivity contribution in [2.45, 2.75) is 51.3 Å². The highest BCUT2D eigenvalue weighted by Gasteiger charge is 2.23. The van der Waals surface area contributed by atoms with Crippen LogP contribution in [0.5, 0.6) is 5.75 Å². The number of Topliss-reactive ketones (excluding diaryl/α,β-unsaturated/α-hetero) is 1. The number of carbonyl (C=O) groups is 2. The van der Waals surface area contributed by atoms with Crippen molar-refractivity contribution < 1.29 is 28.2 Å². The number of aliphatic hydroxyl groups is 1. The van der Waals surface area contributed by atoms with Gasteiger partial charge in [-0.15, -0.1) is 0 Å². The van der Waals surface area contributed by atoms with Crippen LogP contribution in [0.15, 0.2) is 66.7 Å². The molecule has 0 bridgehead atoms. The third-order valence-corrected chi connectivity index (χ3v) is 6.26. The van der Waals surface area contributed by atoms with Crippen molar-refractivity contribution in [3.05, 3.63) is 101 Å². The number of aliphatic hydroxyl groups excluding tert-OH is 1. The number of nitrogens with one attached hydrogen (secondary N) is 2. The summed E-state index contributed by atoms with van der Waals surface area (Å²) in [6.45, 7) is 2.73. The molecule has 202 valence electrons. The Kier molecular flexibility index (Phi) is 10.9. The molecule has 0 saturated carbocycles. The van der Waals surface area contributed by atoms with E-state index in [0.29, 0.717) is 23.4 Å². The van der Waals surface area contributed by atoms with Crippen molar-refractivity contribution >= 4 is 11.7 Å². The Hall–Kier alpha value is -3.62. The van der Waals surface area contributed by atoms with Crippen LogP contribution in [-0.2, 0) is 24.2 Å². The summed E-state index contributed by atoms with van der Waals surface area (Å²) in [5.74, 6) is -1.50. The SMILES string of the molecule is CCc1cccc(CNC[C@@H](O)[C@H](Cc2cc(F)cc(F)c2)NC(=O)CCC(=O)c2ccc(OC)cc2)c1. The minimum absolute atomic E-state index is 0.0149. The van der Waals surface area contributed by atoms with Gasteiger partial charge >= 0.3 is 0 Å². The fourth-order valence-electron chi connectivity index (χ4n) is 4.16. The molecule has 0 saturated heterocycles. The molecule has 1 amide bonds. The van der Waals surface area contributed by atoms with E-state index >= 15 is 0 Å². The third-order valence-electron chi connectivity index (χ3n) is 6.26. The van der Waals surface area contributed by atoms with Crippen LogP contribution in [-0.4, -0.2) is 42.6 Å². The minimum Gasteiger partial charge on any atom is -0.497 e. The average Bonchev–Trinajstić information content (AvgIpc) is 2.91. The van der Waals surface area contributed by atoms with Crippen molar-refractivity contribution in [1.82, 2.24) is 10.6 Å². The Morgan fingerprint density at radius 2 is 1.61 bits per heavy atom. The maximum absolute atomic E-state index is 13.8. The van der Waals surface area contributed by atoms with E-state index in [1.54, 1.807) is 24.3 Å². The van der Waals surface area contributed by atoms with E-state index in [4.69, 9.17) is 4.74 Å². The molecule has 3 N–H and O–H groups in total. The van der Waals surface area contributed by atoms with Gasteiger partial charge < -0.3 is 20.5 Å². The van der Waals surface area contributed by atoms with Crippen LogP contribution < -0.4 is 15.4 Å². The van der Waals surface area contributed by atoms with Crippen LogP contribution in [0.3, 0.4) is 0 Å². The average molecular weight is 525 g/mol. The van der Waals surface area contributed by atoms with Gasteiger partial charge in [-0.05, 0) is 65.9 Å². The van der Waals surface area contributed by atoms with Crippen LogP contribution in [0.4, 0.5) is 8.78 Å². The summed E-state index contributed by atoms with van der Waals surface area (Å²) >= 11 is 0. The van der Waals surface area contributed by atoms with Gasteiger partial charge in [-0.1, -0.05) is 31.2 Å². The molecule has 0 fully saturated rings. The zero-order chi connectivity index (χ0) is 27.5. The molecule has 6 nitrogen and oxygen atoms in total. The van der Waals surface area contributed by atoms with E-state index in [0.717, 1.165) is 18.1 Å². The minimum atomic E-state index is -1.04. The molecule has 0 aromatic heterocycles. The lowest BCUT2D eigenvalue weighted by Gasteiger charge is -2.25. The van der Waals surface area contributed by atoms with Gasteiger partial charge in [-0.3, -0.25) is 9.59 Å². The fraction of sp³-hybridized carbons (Fsp3) is 0.333. The first-order chi connectivity index (χ1) is 18.3. The van der Waals surface area contributed by atoms with E-state index in [1.165, 1.54) is 24.8 Å². The van der Waals surface area contributed by atoms with Gasteiger partial charge in [0, 0.05) is 37.6 Å². The maximum Gasteiger partial charge on any atom is 0.220 e. The van der Waals surface area contributed by atoms with E-state index in [9.17, 15) is 23.5 Å². The Morgan fingerprint density at radius 1 is 0.921 bits per heavy atom. The largest absolute Gasteiger partial charge is 0.497 e. The topological polar surface area (TPSA) is 87.7 Å². The van der Waals surface area contributed by atoms with Gasteiger partial charge in [0.05, 0.1) is 19.3 Å². The zero-order valence-electron chi connectivity index (χ0n) is 21.7. The Balaban J connectivity index is 1.61. The second-order valence-electron chi connectivity index (χ2n) is 9.18. The normalized spacial score (nSPS) is 12.6. The molecular formula is C30H34F2N2O4. The summed E-state index contributed by atoms with van der Waals surface area (Å²) < 4.78 is 32.6. The summed E-state index contributed by atoms with van der Waals surface area (Å²) in [5, 5.41) is 16.8. The van der Waals surface area contributed by atoms with Crippen LogP contribution >= 0.6 is 0 Å². The van der Waals surface area contributed by atoms with Crippen molar-refractivity contribution in [1.29, 1.82) is 0 Å². The standard InChI is InChI=1S/C30H34F2N2O4/c1-3-20-5-4-6-21(13-20)18-33-19-29(36)27(16-22-14-24(31)17-25(32)15-22)34-30(37)12-11-28(35)23-7-9-26(38-2)10-8-23/h4-10,13-15,17,27,29,33,36H,3,11-12,16,18-19H2,1-2H3,(H,34,37)/t27-,29+/m0/s1. The monoisotopic (exact) mass is 524 g/mol. The molecule has 0 aliphatic rings. The number of benzene rings is 3. The van der Waals surface area contributed by atoms with Gasteiger partial charge in [0.2, 0.25) is 5.91 Å². The number of methoxy groups -OCH3 is 1. The van der Waals surface area contributed by atoms with Crippen LogP contribution in [0.2, 0.25) is 0 Å². The number of rotatable bonds is 14. The van der Waals surface area contributed by atoms with Gasteiger partial charge in [-0.2, -0.15) is 0 Å². The molecule has 0 radical (unpaired) electrons. The molecule has 0 unspecified atom stereocenters. The lowest BCUT2D eigenvalue weighted by atomic mass is 9.99. The molecule has 3 aromatic carbocycles. The molecule has 0 spiro atoms. The first-order valence-corrected chi connectivity index (χ1v) is 12.7. The second-order valence-corrected chi connectivity index (χ2v) is 9.18.